The SMILES string of the molecule is CCCOc1ccccc1C(=O)c1cccc(O)c1C(=O)O. The van der Waals surface area contributed by atoms with E-state index in [-0.39, 0.29) is 11.1 Å². The summed E-state index contributed by atoms with van der Waals surface area (Å²) in [6, 6.07) is 10.7. The Hall–Kier alpha value is -2.82. The monoisotopic (exact) mass is 300 g/mol. The number of ketones is 1. The lowest BCUT2D eigenvalue weighted by Gasteiger charge is -2.11. The number of aromatic carboxylic acids is 1. The second-order valence-electron chi connectivity index (χ2n) is 4.68. The highest BCUT2D eigenvalue weighted by atomic mass is 16.5. The molecule has 5 nitrogen and oxygen atoms in total. The molecule has 0 bridgehead atoms. The fourth-order valence-electron chi connectivity index (χ4n) is 2.09. The highest BCUT2D eigenvalue weighted by Crippen LogP contribution is 2.27. The molecule has 0 aliphatic rings. The average molecular weight is 300 g/mol. The van der Waals surface area contributed by atoms with Gasteiger partial charge < -0.3 is 14.9 Å². The first kappa shape index (κ1) is 15.6. The first-order valence-electron chi connectivity index (χ1n) is 6.88. The van der Waals surface area contributed by atoms with Crippen LogP contribution in [0.5, 0.6) is 11.5 Å². The number of rotatable bonds is 6. The fraction of sp³-hybridized carbons (Fsp3) is 0.176. The molecule has 2 N–H and O–H groups in total. The van der Waals surface area contributed by atoms with Crippen LogP contribution in [0, 0.1) is 0 Å². The Morgan fingerprint density at radius 1 is 1.05 bits per heavy atom. The summed E-state index contributed by atoms with van der Waals surface area (Å²) in [4.78, 5) is 23.9. The minimum absolute atomic E-state index is 0.0694. The van der Waals surface area contributed by atoms with Crippen LogP contribution in [0.2, 0.25) is 0 Å². The van der Waals surface area contributed by atoms with Crippen LogP contribution in [-0.4, -0.2) is 28.6 Å². The number of benzene rings is 2. The van der Waals surface area contributed by atoms with E-state index in [2.05, 4.69) is 0 Å². The molecule has 2 aromatic rings. The number of phenols is 1. The largest absolute Gasteiger partial charge is 0.507 e. The highest BCUT2D eigenvalue weighted by molar-refractivity contribution is 6.16. The van der Waals surface area contributed by atoms with Crippen molar-refractivity contribution in [1.82, 2.24) is 0 Å². The molecule has 0 radical (unpaired) electrons. The zero-order valence-electron chi connectivity index (χ0n) is 12.1. The molecule has 0 aliphatic carbocycles. The number of ether oxygens (including phenoxy) is 1. The minimum atomic E-state index is -1.35. The second kappa shape index (κ2) is 6.76. The number of hydrogen-bond donors (Lipinski definition) is 2. The average Bonchev–Trinajstić information content (AvgIpc) is 2.52. The Morgan fingerprint density at radius 2 is 1.73 bits per heavy atom. The van der Waals surface area contributed by atoms with Gasteiger partial charge in [0.15, 0.2) is 5.78 Å². The maximum Gasteiger partial charge on any atom is 0.340 e. The second-order valence-corrected chi connectivity index (χ2v) is 4.68. The molecule has 0 saturated heterocycles. The van der Waals surface area contributed by atoms with Crippen molar-refractivity contribution >= 4 is 11.8 Å². The van der Waals surface area contributed by atoms with Crippen LogP contribution < -0.4 is 4.74 Å². The van der Waals surface area contributed by atoms with Crippen LogP contribution in [-0.2, 0) is 0 Å². The van der Waals surface area contributed by atoms with E-state index in [0.29, 0.717) is 12.4 Å². The van der Waals surface area contributed by atoms with Gasteiger partial charge in [-0.3, -0.25) is 4.79 Å². The van der Waals surface area contributed by atoms with Crippen molar-refractivity contribution in [3.8, 4) is 11.5 Å². The zero-order chi connectivity index (χ0) is 16.1. The van der Waals surface area contributed by atoms with E-state index in [0.717, 1.165) is 6.42 Å². The van der Waals surface area contributed by atoms with E-state index < -0.39 is 23.1 Å². The van der Waals surface area contributed by atoms with Gasteiger partial charge in [0.05, 0.1) is 12.2 Å². The molecule has 2 rings (SSSR count). The Balaban J connectivity index is 2.50. The quantitative estimate of drug-likeness (QED) is 0.801. The number of carbonyl (C=O) groups is 2. The van der Waals surface area contributed by atoms with Gasteiger partial charge in [-0.1, -0.05) is 25.1 Å². The van der Waals surface area contributed by atoms with Crippen molar-refractivity contribution in [2.45, 2.75) is 13.3 Å². The number of carboxylic acids is 1. The lowest BCUT2D eigenvalue weighted by molar-refractivity contribution is 0.0689. The van der Waals surface area contributed by atoms with Gasteiger partial charge in [0.1, 0.15) is 17.1 Å². The maximum atomic E-state index is 12.7. The summed E-state index contributed by atoms with van der Waals surface area (Å²) in [5.74, 6) is -1.90. The predicted octanol–water partition coefficient (Wildman–Crippen LogP) is 3.11. The third kappa shape index (κ3) is 3.09. The van der Waals surface area contributed by atoms with Gasteiger partial charge in [0.2, 0.25) is 0 Å². The predicted molar refractivity (Wildman–Crippen MR) is 80.7 cm³/mol. The topological polar surface area (TPSA) is 83.8 Å². The normalized spacial score (nSPS) is 10.2. The van der Waals surface area contributed by atoms with Crippen LogP contribution >= 0.6 is 0 Å². The molecule has 114 valence electrons. The van der Waals surface area contributed by atoms with Crippen LogP contribution in [0.3, 0.4) is 0 Å². The molecule has 0 saturated carbocycles. The van der Waals surface area contributed by atoms with Gasteiger partial charge in [-0.15, -0.1) is 0 Å². The highest BCUT2D eigenvalue weighted by Gasteiger charge is 2.23. The van der Waals surface area contributed by atoms with Gasteiger partial charge in [-0.25, -0.2) is 4.79 Å². The summed E-state index contributed by atoms with van der Waals surface area (Å²) in [6.45, 7) is 2.40. The Bertz CT molecular complexity index is 706. The molecule has 0 fully saturated rings. The van der Waals surface area contributed by atoms with Crippen molar-refractivity contribution in [3.63, 3.8) is 0 Å². The van der Waals surface area contributed by atoms with Gasteiger partial charge in [-0.2, -0.15) is 0 Å². The van der Waals surface area contributed by atoms with Gasteiger partial charge in [-0.05, 0) is 30.7 Å². The zero-order valence-corrected chi connectivity index (χ0v) is 12.1. The first-order valence-corrected chi connectivity index (χ1v) is 6.88. The van der Waals surface area contributed by atoms with Gasteiger partial charge in [0.25, 0.3) is 0 Å². The summed E-state index contributed by atoms with van der Waals surface area (Å²) in [7, 11) is 0. The fourth-order valence-corrected chi connectivity index (χ4v) is 2.09. The van der Waals surface area contributed by atoms with E-state index in [1.807, 2.05) is 6.92 Å². The Labute approximate surface area is 127 Å². The lowest BCUT2D eigenvalue weighted by atomic mass is 9.97. The number of carbonyl (C=O) groups excluding carboxylic acids is 1. The molecule has 0 atom stereocenters. The molecule has 0 aromatic heterocycles. The summed E-state index contributed by atoms with van der Waals surface area (Å²) in [6.07, 6.45) is 0.787. The molecule has 0 heterocycles. The molecule has 0 aliphatic heterocycles. The Kier molecular flexibility index (Phi) is 4.78. The van der Waals surface area contributed by atoms with Crippen LogP contribution in [0.1, 0.15) is 39.6 Å². The molecule has 0 amide bonds. The van der Waals surface area contributed by atoms with Crippen molar-refractivity contribution < 1.29 is 24.5 Å². The van der Waals surface area contributed by atoms with E-state index >= 15 is 0 Å². The maximum absolute atomic E-state index is 12.7. The van der Waals surface area contributed by atoms with Crippen molar-refractivity contribution in [3.05, 3.63) is 59.2 Å². The minimum Gasteiger partial charge on any atom is -0.507 e. The molecule has 22 heavy (non-hydrogen) atoms. The lowest BCUT2D eigenvalue weighted by Crippen LogP contribution is -2.11. The number of hydrogen-bond acceptors (Lipinski definition) is 4. The van der Waals surface area contributed by atoms with Crippen LogP contribution in [0.15, 0.2) is 42.5 Å². The van der Waals surface area contributed by atoms with Crippen molar-refractivity contribution in [2.24, 2.45) is 0 Å². The van der Waals surface area contributed by atoms with E-state index in [1.54, 1.807) is 24.3 Å². The smallest absolute Gasteiger partial charge is 0.340 e. The standard InChI is InChI=1S/C17H16O5/c1-2-10-22-14-9-4-3-6-11(14)16(19)12-7-5-8-13(18)15(12)17(20)21/h3-9,18H,2,10H2,1H3,(H,20,21). The van der Waals surface area contributed by atoms with Gasteiger partial charge in [0, 0.05) is 5.56 Å². The van der Waals surface area contributed by atoms with E-state index in [9.17, 15) is 19.8 Å². The molecule has 2 aromatic carbocycles. The molecule has 0 unspecified atom stereocenters. The summed E-state index contributed by atoms with van der Waals surface area (Å²) >= 11 is 0. The molecule has 0 spiro atoms. The molecule has 5 heteroatoms. The summed E-state index contributed by atoms with van der Waals surface area (Å²) < 4.78 is 5.53. The first-order chi connectivity index (χ1) is 10.6. The van der Waals surface area contributed by atoms with Crippen LogP contribution in [0.25, 0.3) is 0 Å². The molecular weight excluding hydrogens is 284 g/mol. The van der Waals surface area contributed by atoms with Crippen LogP contribution in [0.4, 0.5) is 0 Å². The number of para-hydroxylation sites is 1. The summed E-state index contributed by atoms with van der Waals surface area (Å²) in [5, 5.41) is 18.9. The third-order valence-corrected chi connectivity index (χ3v) is 3.09. The van der Waals surface area contributed by atoms with Gasteiger partial charge >= 0.3 is 5.97 Å². The van der Waals surface area contributed by atoms with Crippen molar-refractivity contribution in [2.75, 3.05) is 6.61 Å². The van der Waals surface area contributed by atoms with Crippen molar-refractivity contribution in [1.29, 1.82) is 0 Å². The number of carboxylic acid groups (broad SMARTS) is 1. The van der Waals surface area contributed by atoms with E-state index in [1.165, 1.54) is 18.2 Å². The molecular formula is C17H16O5. The number of aromatic hydroxyl groups is 1. The van der Waals surface area contributed by atoms with E-state index in [4.69, 9.17) is 4.74 Å². The Morgan fingerprint density at radius 3 is 2.41 bits per heavy atom. The summed E-state index contributed by atoms with van der Waals surface area (Å²) in [5.41, 5.74) is -0.207. The third-order valence-electron chi connectivity index (χ3n) is 3.09.